The van der Waals surface area contributed by atoms with E-state index in [4.69, 9.17) is 9.84 Å². The fraction of sp³-hybridized carbons (Fsp3) is 0.286. The number of hydrogen-bond donors (Lipinski definition) is 2. The van der Waals surface area contributed by atoms with Crippen LogP contribution in [0.2, 0.25) is 0 Å². The van der Waals surface area contributed by atoms with E-state index in [0.717, 1.165) is 5.69 Å². The molecule has 1 amide bonds. The first-order valence-corrected chi connectivity index (χ1v) is 6.61. The van der Waals surface area contributed by atoms with E-state index >= 15 is 0 Å². The lowest BCUT2D eigenvalue weighted by Crippen LogP contribution is -2.41. The lowest BCUT2D eigenvalue weighted by molar-refractivity contribution is -0.139. The Kier molecular flexibility index (Phi) is 5.21. The normalized spacial score (nSPS) is 11.9. The first-order valence-electron chi connectivity index (χ1n) is 6.61. The van der Waals surface area contributed by atoms with Crippen molar-refractivity contribution in [1.82, 2.24) is 20.3 Å². The zero-order chi connectivity index (χ0) is 15.9. The number of aromatic nitrogens is 3. The Morgan fingerprint density at radius 3 is 2.64 bits per heavy atom. The smallest absolute Gasteiger partial charge is 0.326 e. The van der Waals surface area contributed by atoms with Gasteiger partial charge < -0.3 is 15.2 Å². The van der Waals surface area contributed by atoms with Gasteiger partial charge in [0.25, 0.3) is 5.91 Å². The minimum Gasteiger partial charge on any atom is -0.480 e. The van der Waals surface area contributed by atoms with Gasteiger partial charge in [-0.05, 0) is 24.3 Å². The van der Waals surface area contributed by atoms with Crippen LogP contribution in [0.1, 0.15) is 16.8 Å². The second-order valence-corrected chi connectivity index (χ2v) is 4.54. The van der Waals surface area contributed by atoms with Crippen LogP contribution in [0, 0.1) is 0 Å². The van der Waals surface area contributed by atoms with Crippen molar-refractivity contribution in [3.05, 3.63) is 42.2 Å². The number of aliphatic carboxylic acids is 1. The molecule has 2 rings (SSSR count). The Hall–Kier alpha value is -2.74. The first-order chi connectivity index (χ1) is 10.6. The highest BCUT2D eigenvalue weighted by atomic mass is 16.5. The second kappa shape index (κ2) is 7.32. The molecule has 0 aliphatic heterocycles. The van der Waals surface area contributed by atoms with E-state index in [1.54, 1.807) is 41.3 Å². The van der Waals surface area contributed by atoms with Gasteiger partial charge >= 0.3 is 5.97 Å². The lowest BCUT2D eigenvalue weighted by Gasteiger charge is -2.14. The molecule has 0 radical (unpaired) electrons. The Morgan fingerprint density at radius 1 is 1.36 bits per heavy atom. The summed E-state index contributed by atoms with van der Waals surface area (Å²) in [5.41, 5.74) is 1.12. The van der Waals surface area contributed by atoms with Gasteiger partial charge in [-0.15, -0.1) is 5.10 Å². The molecule has 8 nitrogen and oxygen atoms in total. The highest BCUT2D eigenvalue weighted by molar-refractivity contribution is 5.96. The number of amides is 1. The van der Waals surface area contributed by atoms with Crippen LogP contribution in [0.3, 0.4) is 0 Å². The highest BCUT2D eigenvalue weighted by Gasteiger charge is 2.20. The number of nitrogens with zero attached hydrogens (tertiary/aromatic N) is 3. The van der Waals surface area contributed by atoms with E-state index in [1.165, 1.54) is 7.11 Å². The average Bonchev–Trinajstić information content (AvgIpc) is 3.05. The summed E-state index contributed by atoms with van der Waals surface area (Å²) in [7, 11) is 1.48. The molecule has 1 heterocycles. The summed E-state index contributed by atoms with van der Waals surface area (Å²) in [5.74, 6) is -1.54. The van der Waals surface area contributed by atoms with Gasteiger partial charge in [-0.25, -0.2) is 9.48 Å². The fourth-order valence-corrected chi connectivity index (χ4v) is 1.85. The van der Waals surface area contributed by atoms with Crippen LogP contribution in [0.15, 0.2) is 36.7 Å². The predicted molar refractivity (Wildman–Crippen MR) is 76.7 cm³/mol. The van der Waals surface area contributed by atoms with E-state index in [-0.39, 0.29) is 13.0 Å². The van der Waals surface area contributed by atoms with Crippen molar-refractivity contribution in [1.29, 1.82) is 0 Å². The number of carbonyl (C=O) groups excluding carboxylic acids is 1. The third kappa shape index (κ3) is 3.89. The molecule has 0 aliphatic rings. The molecule has 2 aromatic rings. The van der Waals surface area contributed by atoms with E-state index in [1.807, 2.05) is 0 Å². The maximum Gasteiger partial charge on any atom is 0.326 e. The number of carboxylic acid groups (broad SMARTS) is 1. The van der Waals surface area contributed by atoms with Crippen molar-refractivity contribution < 1.29 is 19.4 Å². The average molecular weight is 304 g/mol. The van der Waals surface area contributed by atoms with Crippen molar-refractivity contribution in [3.8, 4) is 5.69 Å². The molecule has 1 unspecified atom stereocenters. The van der Waals surface area contributed by atoms with Crippen LogP contribution in [0.4, 0.5) is 0 Å². The van der Waals surface area contributed by atoms with E-state index in [9.17, 15) is 9.59 Å². The summed E-state index contributed by atoms with van der Waals surface area (Å²) in [6.07, 6.45) is 3.43. The topological polar surface area (TPSA) is 106 Å². The minimum absolute atomic E-state index is 0.203. The summed E-state index contributed by atoms with van der Waals surface area (Å²) in [6, 6.07) is 5.62. The fourth-order valence-electron chi connectivity index (χ4n) is 1.85. The molecule has 0 saturated heterocycles. The Bertz CT molecular complexity index is 625. The Balaban J connectivity index is 2.04. The number of methoxy groups -OCH3 is 1. The molecule has 0 saturated carbocycles. The number of benzene rings is 1. The number of carbonyl (C=O) groups is 2. The van der Waals surface area contributed by atoms with Crippen LogP contribution in [-0.4, -0.2) is 51.7 Å². The summed E-state index contributed by atoms with van der Waals surface area (Å²) in [5, 5.41) is 19.1. The largest absolute Gasteiger partial charge is 0.480 e. The number of rotatable bonds is 7. The molecule has 0 fully saturated rings. The molecule has 1 atom stereocenters. The van der Waals surface area contributed by atoms with Gasteiger partial charge in [0.1, 0.15) is 6.04 Å². The molecular weight excluding hydrogens is 288 g/mol. The van der Waals surface area contributed by atoms with Gasteiger partial charge in [0.05, 0.1) is 18.1 Å². The third-order valence-electron chi connectivity index (χ3n) is 3.03. The second-order valence-electron chi connectivity index (χ2n) is 4.54. The maximum absolute atomic E-state index is 12.1. The molecule has 1 aromatic carbocycles. The standard InChI is InChI=1S/C14H16N4O4/c1-22-9-6-12(14(20)21)16-13(19)10-2-4-11(5-3-10)18-8-7-15-17-18/h2-5,7-8,12H,6,9H2,1H3,(H,16,19)(H,20,21). The summed E-state index contributed by atoms with van der Waals surface area (Å²) in [4.78, 5) is 23.2. The maximum atomic E-state index is 12.1. The quantitative estimate of drug-likeness (QED) is 0.771. The predicted octanol–water partition coefficient (Wildman–Crippen LogP) is 0.487. The van der Waals surface area contributed by atoms with E-state index < -0.39 is 17.9 Å². The van der Waals surface area contributed by atoms with E-state index in [0.29, 0.717) is 5.56 Å². The van der Waals surface area contributed by atoms with Crippen LogP contribution in [0.5, 0.6) is 0 Å². The minimum atomic E-state index is -1.09. The van der Waals surface area contributed by atoms with Crippen molar-refractivity contribution in [2.24, 2.45) is 0 Å². The molecule has 8 heteroatoms. The van der Waals surface area contributed by atoms with Gasteiger partial charge in [-0.2, -0.15) is 0 Å². The molecule has 0 aliphatic carbocycles. The van der Waals surface area contributed by atoms with Crippen molar-refractivity contribution in [3.63, 3.8) is 0 Å². The Morgan fingerprint density at radius 2 is 2.09 bits per heavy atom. The monoisotopic (exact) mass is 304 g/mol. The van der Waals surface area contributed by atoms with Gasteiger partial charge in [0, 0.05) is 25.7 Å². The van der Waals surface area contributed by atoms with Crippen LogP contribution in [0.25, 0.3) is 5.69 Å². The Labute approximate surface area is 126 Å². The number of ether oxygens (including phenoxy) is 1. The van der Waals surface area contributed by atoms with Crippen LogP contribution < -0.4 is 5.32 Å². The SMILES string of the molecule is COCCC(NC(=O)c1ccc(-n2ccnn2)cc1)C(=O)O. The molecular formula is C14H16N4O4. The van der Waals surface area contributed by atoms with Crippen molar-refractivity contribution in [2.45, 2.75) is 12.5 Å². The summed E-state index contributed by atoms with van der Waals surface area (Å²) < 4.78 is 6.39. The molecule has 0 bridgehead atoms. The molecule has 1 aromatic heterocycles. The number of nitrogens with one attached hydrogen (secondary N) is 1. The highest BCUT2D eigenvalue weighted by Crippen LogP contribution is 2.08. The molecule has 22 heavy (non-hydrogen) atoms. The van der Waals surface area contributed by atoms with Gasteiger partial charge in [-0.3, -0.25) is 4.79 Å². The first kappa shape index (κ1) is 15.6. The molecule has 0 spiro atoms. The van der Waals surface area contributed by atoms with Crippen molar-refractivity contribution in [2.75, 3.05) is 13.7 Å². The number of hydrogen-bond acceptors (Lipinski definition) is 5. The summed E-state index contributed by atoms with van der Waals surface area (Å²) >= 11 is 0. The zero-order valence-electron chi connectivity index (χ0n) is 12.0. The number of carboxylic acids is 1. The molecule has 116 valence electrons. The van der Waals surface area contributed by atoms with Crippen molar-refractivity contribution >= 4 is 11.9 Å². The van der Waals surface area contributed by atoms with E-state index in [2.05, 4.69) is 15.6 Å². The zero-order valence-corrected chi connectivity index (χ0v) is 12.0. The summed E-state index contributed by atoms with van der Waals surface area (Å²) in [6.45, 7) is 0.252. The third-order valence-corrected chi connectivity index (χ3v) is 3.03. The van der Waals surface area contributed by atoms with Crippen LogP contribution >= 0.6 is 0 Å². The van der Waals surface area contributed by atoms with Gasteiger partial charge in [-0.1, -0.05) is 5.21 Å². The van der Waals surface area contributed by atoms with Gasteiger partial charge in [0.2, 0.25) is 0 Å². The van der Waals surface area contributed by atoms with Gasteiger partial charge in [0.15, 0.2) is 0 Å². The molecule has 2 N–H and O–H groups in total. The van der Waals surface area contributed by atoms with Crippen LogP contribution in [-0.2, 0) is 9.53 Å². The lowest BCUT2D eigenvalue weighted by atomic mass is 10.1.